The Hall–Kier alpha value is -2.89. The van der Waals surface area contributed by atoms with Gasteiger partial charge in [-0.2, -0.15) is 0 Å². The van der Waals surface area contributed by atoms with Crippen molar-refractivity contribution in [1.82, 2.24) is 15.2 Å². The molecule has 1 unspecified atom stereocenters. The van der Waals surface area contributed by atoms with Crippen LogP contribution in [0.5, 0.6) is 0 Å². The van der Waals surface area contributed by atoms with Crippen molar-refractivity contribution < 1.29 is 9.59 Å². The molecule has 0 radical (unpaired) electrons. The molecule has 3 heterocycles. The molecule has 4 rings (SSSR count). The zero-order chi connectivity index (χ0) is 18.9. The van der Waals surface area contributed by atoms with E-state index in [1.807, 2.05) is 35.2 Å². The van der Waals surface area contributed by atoms with E-state index in [0.717, 1.165) is 24.8 Å². The second kappa shape index (κ2) is 7.02. The quantitative estimate of drug-likeness (QED) is 0.877. The molecule has 0 saturated carbocycles. The first kappa shape index (κ1) is 17.5. The zero-order valence-corrected chi connectivity index (χ0v) is 15.4. The second-order valence-corrected chi connectivity index (χ2v) is 7.41. The number of hydrogen-bond donors (Lipinski definition) is 2. The lowest BCUT2D eigenvalue weighted by atomic mass is 9.82. The number of pyridine rings is 1. The molecule has 1 atom stereocenters. The fourth-order valence-corrected chi connectivity index (χ4v) is 4.19. The van der Waals surface area contributed by atoms with Crippen LogP contribution in [0.3, 0.4) is 0 Å². The number of piperidine rings is 1. The highest BCUT2D eigenvalue weighted by molar-refractivity contribution is 5.95. The zero-order valence-electron chi connectivity index (χ0n) is 15.4. The summed E-state index contributed by atoms with van der Waals surface area (Å²) >= 11 is 0. The molecule has 27 heavy (non-hydrogen) atoms. The van der Waals surface area contributed by atoms with Gasteiger partial charge in [0.1, 0.15) is 5.82 Å². The SMILES string of the molecule is CNc1cc(C(=O)N2CCC3(CC2)CC(c2ccccc2)C(=O)N3)ccn1. The van der Waals surface area contributed by atoms with E-state index >= 15 is 0 Å². The summed E-state index contributed by atoms with van der Waals surface area (Å²) in [4.78, 5) is 31.4. The van der Waals surface area contributed by atoms with E-state index in [1.54, 1.807) is 25.4 Å². The van der Waals surface area contributed by atoms with Crippen LogP contribution in [0.2, 0.25) is 0 Å². The molecule has 0 bridgehead atoms. The van der Waals surface area contributed by atoms with Gasteiger partial charge >= 0.3 is 0 Å². The molecule has 2 aromatic rings. The molecular weight excluding hydrogens is 340 g/mol. The molecule has 6 nitrogen and oxygen atoms in total. The molecule has 2 aliphatic rings. The first-order valence-electron chi connectivity index (χ1n) is 9.40. The fraction of sp³-hybridized carbons (Fsp3) is 0.381. The van der Waals surface area contributed by atoms with Crippen molar-refractivity contribution in [3.05, 3.63) is 59.8 Å². The molecule has 140 valence electrons. The van der Waals surface area contributed by atoms with Crippen LogP contribution in [0.15, 0.2) is 48.7 Å². The van der Waals surface area contributed by atoms with Crippen molar-refractivity contribution in [3.8, 4) is 0 Å². The van der Waals surface area contributed by atoms with Gasteiger partial charge in [-0.25, -0.2) is 4.98 Å². The first-order chi connectivity index (χ1) is 13.1. The molecule has 2 saturated heterocycles. The molecule has 1 aromatic carbocycles. The van der Waals surface area contributed by atoms with Gasteiger partial charge in [0.05, 0.1) is 5.92 Å². The number of rotatable bonds is 3. The topological polar surface area (TPSA) is 74.3 Å². The third-order valence-corrected chi connectivity index (χ3v) is 5.77. The normalized spacial score (nSPS) is 21.1. The Balaban J connectivity index is 1.43. The number of amides is 2. The minimum absolute atomic E-state index is 0.0210. The van der Waals surface area contributed by atoms with Crippen molar-refractivity contribution in [2.24, 2.45) is 0 Å². The Morgan fingerprint density at radius 3 is 2.67 bits per heavy atom. The summed E-state index contributed by atoms with van der Waals surface area (Å²) in [5, 5.41) is 6.20. The molecule has 2 amide bonds. The summed E-state index contributed by atoms with van der Waals surface area (Å²) in [6.45, 7) is 1.30. The summed E-state index contributed by atoms with van der Waals surface area (Å²) in [6, 6.07) is 13.5. The summed E-state index contributed by atoms with van der Waals surface area (Å²) < 4.78 is 0. The largest absolute Gasteiger partial charge is 0.373 e. The van der Waals surface area contributed by atoms with Crippen LogP contribution in [0, 0.1) is 0 Å². The third-order valence-electron chi connectivity index (χ3n) is 5.77. The summed E-state index contributed by atoms with van der Waals surface area (Å²) in [5.74, 6) is 0.719. The lowest BCUT2D eigenvalue weighted by Gasteiger charge is -2.39. The lowest BCUT2D eigenvalue weighted by Crippen LogP contribution is -2.52. The minimum Gasteiger partial charge on any atom is -0.373 e. The smallest absolute Gasteiger partial charge is 0.254 e. The number of carbonyl (C=O) groups is 2. The third kappa shape index (κ3) is 3.39. The number of hydrogen-bond acceptors (Lipinski definition) is 4. The highest BCUT2D eigenvalue weighted by Gasteiger charge is 2.46. The fourth-order valence-electron chi connectivity index (χ4n) is 4.19. The maximum Gasteiger partial charge on any atom is 0.254 e. The van der Waals surface area contributed by atoms with Gasteiger partial charge in [-0.15, -0.1) is 0 Å². The maximum absolute atomic E-state index is 12.8. The van der Waals surface area contributed by atoms with Crippen LogP contribution < -0.4 is 10.6 Å². The minimum atomic E-state index is -0.192. The molecule has 1 aromatic heterocycles. The summed E-state index contributed by atoms with van der Waals surface area (Å²) in [6.07, 6.45) is 4.03. The van der Waals surface area contributed by atoms with Gasteiger partial charge in [0.2, 0.25) is 5.91 Å². The Kier molecular flexibility index (Phi) is 4.56. The standard InChI is InChI=1S/C21H24N4O2/c1-22-18-13-16(7-10-23-18)20(27)25-11-8-21(9-12-25)14-17(19(26)24-21)15-5-3-2-4-6-15/h2-7,10,13,17H,8-9,11-12,14H2,1H3,(H,22,23)(H,24,26). The van der Waals surface area contributed by atoms with Crippen LogP contribution in [0.25, 0.3) is 0 Å². The van der Waals surface area contributed by atoms with Crippen LogP contribution >= 0.6 is 0 Å². The van der Waals surface area contributed by atoms with Gasteiger partial charge in [-0.1, -0.05) is 30.3 Å². The van der Waals surface area contributed by atoms with E-state index in [-0.39, 0.29) is 23.3 Å². The van der Waals surface area contributed by atoms with E-state index in [4.69, 9.17) is 0 Å². The number of likely N-dealkylation sites (tertiary alicyclic amines) is 1. The average molecular weight is 364 g/mol. The van der Waals surface area contributed by atoms with Gasteiger partial charge in [0.25, 0.3) is 5.91 Å². The molecule has 6 heteroatoms. The van der Waals surface area contributed by atoms with Crippen molar-refractivity contribution in [2.75, 3.05) is 25.5 Å². The molecule has 2 fully saturated rings. The highest BCUT2D eigenvalue weighted by Crippen LogP contribution is 2.39. The first-order valence-corrected chi connectivity index (χ1v) is 9.40. The highest BCUT2D eigenvalue weighted by atomic mass is 16.2. The Bertz CT molecular complexity index is 844. The van der Waals surface area contributed by atoms with E-state index < -0.39 is 0 Å². The summed E-state index contributed by atoms with van der Waals surface area (Å²) in [7, 11) is 1.78. The van der Waals surface area contributed by atoms with E-state index in [1.165, 1.54) is 0 Å². The van der Waals surface area contributed by atoms with Gasteiger partial charge in [0, 0.05) is 37.4 Å². The van der Waals surface area contributed by atoms with Gasteiger partial charge < -0.3 is 15.5 Å². The van der Waals surface area contributed by atoms with Crippen LogP contribution in [0.1, 0.15) is 41.1 Å². The molecule has 1 spiro atoms. The average Bonchev–Trinajstić information content (AvgIpc) is 3.04. The molecule has 2 N–H and O–H groups in total. The number of nitrogens with zero attached hydrogens (tertiary/aromatic N) is 2. The second-order valence-electron chi connectivity index (χ2n) is 7.41. The predicted molar refractivity (Wildman–Crippen MR) is 104 cm³/mol. The van der Waals surface area contributed by atoms with E-state index in [0.29, 0.717) is 24.5 Å². The van der Waals surface area contributed by atoms with Gasteiger partial charge in [-0.3, -0.25) is 9.59 Å². The van der Waals surface area contributed by atoms with Crippen molar-refractivity contribution in [1.29, 1.82) is 0 Å². The van der Waals surface area contributed by atoms with Crippen LogP contribution in [0.4, 0.5) is 5.82 Å². The van der Waals surface area contributed by atoms with Crippen molar-refractivity contribution in [3.63, 3.8) is 0 Å². The molecule has 0 aliphatic carbocycles. The predicted octanol–water partition coefficient (Wildman–Crippen LogP) is 2.40. The van der Waals surface area contributed by atoms with Crippen LogP contribution in [-0.4, -0.2) is 47.4 Å². The Labute approximate surface area is 159 Å². The molecular formula is C21H24N4O2. The summed E-state index contributed by atoms with van der Waals surface area (Å²) in [5.41, 5.74) is 1.52. The van der Waals surface area contributed by atoms with E-state index in [2.05, 4.69) is 15.6 Å². The van der Waals surface area contributed by atoms with Gasteiger partial charge in [-0.05, 0) is 37.0 Å². The van der Waals surface area contributed by atoms with Crippen LogP contribution in [-0.2, 0) is 4.79 Å². The molecule has 2 aliphatic heterocycles. The Morgan fingerprint density at radius 1 is 1.22 bits per heavy atom. The lowest BCUT2D eigenvalue weighted by molar-refractivity contribution is -0.121. The number of nitrogens with one attached hydrogen (secondary N) is 2. The Morgan fingerprint density at radius 2 is 1.96 bits per heavy atom. The number of carbonyl (C=O) groups excluding carboxylic acids is 2. The van der Waals surface area contributed by atoms with Crippen molar-refractivity contribution in [2.45, 2.75) is 30.7 Å². The number of aromatic nitrogens is 1. The van der Waals surface area contributed by atoms with Gasteiger partial charge in [0.15, 0.2) is 0 Å². The number of benzene rings is 1. The monoisotopic (exact) mass is 364 g/mol. The van der Waals surface area contributed by atoms with E-state index in [9.17, 15) is 9.59 Å². The number of anilines is 1. The maximum atomic E-state index is 12.8. The van der Waals surface area contributed by atoms with Crippen molar-refractivity contribution >= 4 is 17.6 Å².